The Hall–Kier alpha value is -2.42. The number of thiazole rings is 1. The van der Waals surface area contributed by atoms with Gasteiger partial charge in [0.2, 0.25) is 0 Å². The Morgan fingerprint density at radius 1 is 1.26 bits per heavy atom. The molecule has 0 bridgehead atoms. The van der Waals surface area contributed by atoms with E-state index in [0.717, 1.165) is 35.6 Å². The summed E-state index contributed by atoms with van der Waals surface area (Å²) in [5.74, 6) is -0.617. The highest BCUT2D eigenvalue weighted by atomic mass is 32.1. The summed E-state index contributed by atoms with van der Waals surface area (Å²) in [7, 11) is 0. The Labute approximate surface area is 133 Å². The average Bonchev–Trinajstić information content (AvgIpc) is 2.93. The monoisotopic (exact) mass is 344 g/mol. The van der Waals surface area contributed by atoms with Crippen LogP contribution < -0.4 is 10.1 Å². The van der Waals surface area contributed by atoms with Crippen LogP contribution in [0.25, 0.3) is 0 Å². The first kappa shape index (κ1) is 16.9. The van der Waals surface area contributed by atoms with E-state index in [4.69, 9.17) is 4.74 Å². The van der Waals surface area contributed by atoms with Gasteiger partial charge in [0.05, 0.1) is 5.56 Å². The van der Waals surface area contributed by atoms with Gasteiger partial charge in [-0.05, 0) is 24.3 Å². The molecule has 0 aliphatic heterocycles. The van der Waals surface area contributed by atoms with Crippen LogP contribution in [0.15, 0.2) is 29.6 Å². The summed E-state index contributed by atoms with van der Waals surface area (Å²) in [5, 5.41) is 4.19. The van der Waals surface area contributed by atoms with E-state index >= 15 is 0 Å². The van der Waals surface area contributed by atoms with Gasteiger partial charge in [-0.25, -0.2) is 4.98 Å². The van der Waals surface area contributed by atoms with Crippen molar-refractivity contribution in [2.24, 2.45) is 0 Å². The summed E-state index contributed by atoms with van der Waals surface area (Å²) in [6, 6.07) is 4.00. The molecule has 1 amide bonds. The predicted octanol–water partition coefficient (Wildman–Crippen LogP) is 3.38. The van der Waals surface area contributed by atoms with E-state index < -0.39 is 17.6 Å². The normalized spacial score (nSPS) is 11.1. The van der Waals surface area contributed by atoms with Crippen molar-refractivity contribution >= 4 is 28.2 Å². The third-order valence-corrected chi connectivity index (χ3v) is 3.42. The molecule has 122 valence electrons. The first-order chi connectivity index (χ1) is 10.8. The van der Waals surface area contributed by atoms with Crippen LogP contribution in [0.5, 0.6) is 5.75 Å². The van der Waals surface area contributed by atoms with Gasteiger partial charge < -0.3 is 4.74 Å². The lowest BCUT2D eigenvalue weighted by atomic mass is 10.2. The highest BCUT2D eigenvalue weighted by Crippen LogP contribution is 2.30. The van der Waals surface area contributed by atoms with Crippen LogP contribution in [0, 0.1) is 0 Å². The van der Waals surface area contributed by atoms with Crippen molar-refractivity contribution in [2.75, 3.05) is 11.9 Å². The van der Waals surface area contributed by atoms with Crippen molar-refractivity contribution in [2.45, 2.75) is 13.1 Å². The Balaban J connectivity index is 1.87. The van der Waals surface area contributed by atoms with Gasteiger partial charge in [0.15, 0.2) is 17.5 Å². The topological polar surface area (TPSA) is 68.3 Å². The molecule has 0 aliphatic carbocycles. The molecule has 0 fully saturated rings. The predicted molar refractivity (Wildman–Crippen MR) is 77.7 cm³/mol. The molecule has 2 aromatic rings. The van der Waals surface area contributed by atoms with Gasteiger partial charge in [-0.3, -0.25) is 14.9 Å². The number of aromatic nitrogens is 1. The smallest absolute Gasteiger partial charge is 0.416 e. The standard InChI is InChI=1S/C14H11F3N2O3S/c1-8(20)11-7-23-13(18-11)19-12(21)6-22-10-4-2-9(3-5-10)14(15,16)17/h2-5,7H,6H2,1H3,(H,18,19,21). The minimum atomic E-state index is -4.42. The van der Waals surface area contributed by atoms with Crippen molar-refractivity contribution in [1.82, 2.24) is 4.98 Å². The second-order valence-electron chi connectivity index (χ2n) is 4.45. The lowest BCUT2D eigenvalue weighted by Gasteiger charge is -2.08. The van der Waals surface area contributed by atoms with E-state index in [9.17, 15) is 22.8 Å². The quantitative estimate of drug-likeness (QED) is 0.845. The van der Waals surface area contributed by atoms with Gasteiger partial charge in [0, 0.05) is 12.3 Å². The van der Waals surface area contributed by atoms with Crippen LogP contribution in [0.4, 0.5) is 18.3 Å². The maximum atomic E-state index is 12.4. The van der Waals surface area contributed by atoms with E-state index in [-0.39, 0.29) is 29.0 Å². The molecule has 1 aromatic heterocycles. The molecule has 0 saturated carbocycles. The SMILES string of the molecule is CC(=O)c1csc(NC(=O)COc2ccc(C(F)(F)F)cc2)n1. The fourth-order valence-corrected chi connectivity index (χ4v) is 2.30. The summed E-state index contributed by atoms with van der Waals surface area (Å²) in [5.41, 5.74) is -0.553. The Morgan fingerprint density at radius 3 is 2.43 bits per heavy atom. The highest BCUT2D eigenvalue weighted by molar-refractivity contribution is 7.14. The summed E-state index contributed by atoms with van der Waals surface area (Å²) in [6.07, 6.45) is -4.42. The van der Waals surface area contributed by atoms with Gasteiger partial charge in [-0.1, -0.05) is 0 Å². The number of carbonyl (C=O) groups is 2. The summed E-state index contributed by atoms with van der Waals surface area (Å²) in [4.78, 5) is 26.6. The van der Waals surface area contributed by atoms with Crippen LogP contribution in [-0.2, 0) is 11.0 Å². The number of Topliss-reactive ketones (excluding diaryl/α,β-unsaturated/α-hetero) is 1. The molecular formula is C14H11F3N2O3S. The van der Waals surface area contributed by atoms with Crippen molar-refractivity contribution in [1.29, 1.82) is 0 Å². The lowest BCUT2D eigenvalue weighted by molar-refractivity contribution is -0.137. The molecule has 0 unspecified atom stereocenters. The van der Waals surface area contributed by atoms with Crippen LogP contribution in [0.1, 0.15) is 23.0 Å². The van der Waals surface area contributed by atoms with E-state index in [2.05, 4.69) is 10.3 Å². The van der Waals surface area contributed by atoms with Gasteiger partial charge in [-0.15, -0.1) is 11.3 Å². The van der Waals surface area contributed by atoms with Gasteiger partial charge >= 0.3 is 6.18 Å². The van der Waals surface area contributed by atoms with Crippen LogP contribution >= 0.6 is 11.3 Å². The molecule has 0 aliphatic rings. The second kappa shape index (κ2) is 6.78. The number of amides is 1. The number of ketones is 1. The number of hydrogen-bond donors (Lipinski definition) is 1. The third kappa shape index (κ3) is 4.78. The number of benzene rings is 1. The van der Waals surface area contributed by atoms with Crippen LogP contribution in [0.3, 0.4) is 0 Å². The zero-order valence-corrected chi connectivity index (χ0v) is 12.6. The van der Waals surface area contributed by atoms with Crippen molar-refractivity contribution in [3.05, 3.63) is 40.9 Å². The van der Waals surface area contributed by atoms with Crippen LogP contribution in [-0.4, -0.2) is 23.3 Å². The minimum absolute atomic E-state index is 0.136. The molecule has 0 spiro atoms. The third-order valence-electron chi connectivity index (χ3n) is 2.66. The molecule has 9 heteroatoms. The molecular weight excluding hydrogens is 333 g/mol. The number of alkyl halides is 3. The van der Waals surface area contributed by atoms with Crippen molar-refractivity contribution < 1.29 is 27.5 Å². The van der Waals surface area contributed by atoms with E-state index in [0.29, 0.717) is 0 Å². The van der Waals surface area contributed by atoms with E-state index in [1.807, 2.05) is 0 Å². The van der Waals surface area contributed by atoms with Gasteiger partial charge in [0.25, 0.3) is 5.91 Å². The summed E-state index contributed by atoms with van der Waals surface area (Å²) >= 11 is 1.09. The minimum Gasteiger partial charge on any atom is -0.484 e. The molecule has 0 atom stereocenters. The fraction of sp³-hybridized carbons (Fsp3) is 0.214. The Morgan fingerprint density at radius 2 is 1.91 bits per heavy atom. The maximum absolute atomic E-state index is 12.4. The number of ether oxygens (including phenoxy) is 1. The molecule has 0 saturated heterocycles. The molecule has 0 radical (unpaired) electrons. The summed E-state index contributed by atoms with van der Waals surface area (Å²) in [6.45, 7) is 0.967. The largest absolute Gasteiger partial charge is 0.484 e. The average molecular weight is 344 g/mol. The molecule has 5 nitrogen and oxygen atoms in total. The molecule has 23 heavy (non-hydrogen) atoms. The molecule has 1 aromatic carbocycles. The first-order valence-corrected chi connectivity index (χ1v) is 7.20. The van der Waals surface area contributed by atoms with Crippen molar-refractivity contribution in [3.63, 3.8) is 0 Å². The number of hydrogen-bond acceptors (Lipinski definition) is 5. The number of carbonyl (C=O) groups excluding carboxylic acids is 2. The lowest BCUT2D eigenvalue weighted by Crippen LogP contribution is -2.20. The van der Waals surface area contributed by atoms with Crippen molar-refractivity contribution in [3.8, 4) is 5.75 Å². The maximum Gasteiger partial charge on any atom is 0.416 e. The summed E-state index contributed by atoms with van der Waals surface area (Å²) < 4.78 is 42.3. The Bertz CT molecular complexity index is 711. The van der Waals surface area contributed by atoms with E-state index in [1.54, 1.807) is 0 Å². The van der Waals surface area contributed by atoms with Crippen LogP contribution in [0.2, 0.25) is 0 Å². The zero-order chi connectivity index (χ0) is 17.0. The number of nitrogens with zero attached hydrogens (tertiary/aromatic N) is 1. The van der Waals surface area contributed by atoms with Gasteiger partial charge in [0.1, 0.15) is 11.4 Å². The number of anilines is 1. The number of halogens is 3. The molecule has 1 heterocycles. The highest BCUT2D eigenvalue weighted by Gasteiger charge is 2.30. The zero-order valence-electron chi connectivity index (χ0n) is 11.8. The fourth-order valence-electron chi connectivity index (χ4n) is 1.54. The molecule has 1 N–H and O–H groups in total. The first-order valence-electron chi connectivity index (χ1n) is 6.32. The second-order valence-corrected chi connectivity index (χ2v) is 5.31. The number of nitrogens with one attached hydrogen (secondary N) is 1. The van der Waals surface area contributed by atoms with Gasteiger partial charge in [-0.2, -0.15) is 13.2 Å². The Kier molecular flexibility index (Phi) is 4.99. The molecule has 2 rings (SSSR count). The number of rotatable bonds is 5. The van der Waals surface area contributed by atoms with E-state index in [1.165, 1.54) is 12.3 Å².